The Morgan fingerprint density at radius 1 is 1.39 bits per heavy atom. The van der Waals surface area contributed by atoms with Crippen molar-refractivity contribution in [3.63, 3.8) is 0 Å². The Kier molecular flexibility index (Phi) is 5.61. The highest BCUT2D eigenvalue weighted by atomic mass is 79.9. The first-order valence-electron chi connectivity index (χ1n) is 6.71. The number of carbonyl (C=O) groups excluding carboxylic acids is 1. The van der Waals surface area contributed by atoms with E-state index in [0.29, 0.717) is 9.55 Å². The molecule has 2 aromatic heterocycles. The first-order valence-corrected chi connectivity index (χ1v) is 9.80. The largest absolute Gasteiger partial charge is 0.360 e. The van der Waals surface area contributed by atoms with Crippen LogP contribution in [0.2, 0.25) is 0 Å². The van der Waals surface area contributed by atoms with Gasteiger partial charge < -0.3 is 9.84 Å². The first-order chi connectivity index (χ1) is 10.7. The molecule has 10 heteroatoms. The molecule has 2 N–H and O–H groups in total. The molecular formula is C13H16BrN3O4S2. The molecule has 0 fully saturated rings. The molecule has 2 heterocycles. The van der Waals surface area contributed by atoms with Gasteiger partial charge in [0.05, 0.1) is 3.79 Å². The van der Waals surface area contributed by atoms with E-state index in [-0.39, 0.29) is 15.9 Å². The topological polar surface area (TPSA) is 101 Å². The van der Waals surface area contributed by atoms with E-state index in [2.05, 4.69) is 31.1 Å². The van der Waals surface area contributed by atoms with E-state index in [1.54, 1.807) is 32.9 Å². The fraction of sp³-hybridized carbons (Fsp3) is 0.385. The van der Waals surface area contributed by atoms with Crippen molar-refractivity contribution in [3.05, 3.63) is 27.7 Å². The molecule has 7 nitrogen and oxygen atoms in total. The first kappa shape index (κ1) is 18.1. The van der Waals surface area contributed by atoms with Crippen molar-refractivity contribution in [3.8, 4) is 0 Å². The highest BCUT2D eigenvalue weighted by Crippen LogP contribution is 2.26. The number of carbonyl (C=O) groups is 1. The molecule has 0 aliphatic carbocycles. The van der Waals surface area contributed by atoms with E-state index in [1.165, 1.54) is 6.07 Å². The molecule has 0 aliphatic heterocycles. The van der Waals surface area contributed by atoms with Gasteiger partial charge in [0.25, 0.3) is 10.0 Å². The van der Waals surface area contributed by atoms with Gasteiger partial charge in [-0.05, 0) is 40.9 Å². The number of anilines is 1. The number of hydrogen-bond acceptors (Lipinski definition) is 6. The zero-order valence-electron chi connectivity index (χ0n) is 12.7. The minimum atomic E-state index is -3.78. The summed E-state index contributed by atoms with van der Waals surface area (Å²) in [5.41, 5.74) is 0. The van der Waals surface area contributed by atoms with Crippen LogP contribution in [0.25, 0.3) is 0 Å². The molecule has 23 heavy (non-hydrogen) atoms. The second-order valence-corrected chi connectivity index (χ2v) is 9.62. The summed E-state index contributed by atoms with van der Waals surface area (Å²) in [6.07, 6.45) is 0. The van der Waals surface area contributed by atoms with Crippen molar-refractivity contribution in [2.45, 2.75) is 31.0 Å². The van der Waals surface area contributed by atoms with Crippen molar-refractivity contribution < 1.29 is 17.7 Å². The van der Waals surface area contributed by atoms with Gasteiger partial charge in [-0.15, -0.1) is 11.3 Å². The van der Waals surface area contributed by atoms with E-state index in [1.807, 2.05) is 0 Å². The van der Waals surface area contributed by atoms with Crippen LogP contribution in [0.3, 0.4) is 0 Å². The Labute approximate surface area is 146 Å². The summed E-state index contributed by atoms with van der Waals surface area (Å²) in [4.78, 5) is 12.4. The lowest BCUT2D eigenvalue weighted by Gasteiger charge is -2.20. The normalized spacial score (nSPS) is 13.3. The molecule has 0 saturated heterocycles. The monoisotopic (exact) mass is 421 g/mol. The molecule has 2 aromatic rings. The molecular weight excluding hydrogens is 406 g/mol. The van der Waals surface area contributed by atoms with Crippen LogP contribution >= 0.6 is 27.3 Å². The summed E-state index contributed by atoms with van der Waals surface area (Å²) in [6, 6.07) is 3.74. The van der Waals surface area contributed by atoms with Gasteiger partial charge in [-0.25, -0.2) is 8.42 Å². The number of nitrogens with one attached hydrogen (secondary N) is 2. The number of rotatable bonds is 6. The Balaban J connectivity index is 2.16. The van der Waals surface area contributed by atoms with Crippen LogP contribution in [0.15, 0.2) is 30.7 Å². The SMILES string of the molecule is Cc1cc(NC(=O)[C@@H](NS(=O)(=O)c2ccc(Br)s2)C(C)C)no1. The molecule has 0 bridgehead atoms. The van der Waals surface area contributed by atoms with Crippen LogP contribution < -0.4 is 10.0 Å². The molecule has 0 radical (unpaired) electrons. The predicted octanol–water partition coefficient (Wildman–Crippen LogP) is 2.75. The molecule has 1 atom stereocenters. The van der Waals surface area contributed by atoms with Gasteiger partial charge in [-0.2, -0.15) is 4.72 Å². The van der Waals surface area contributed by atoms with Crippen LogP contribution in [-0.2, 0) is 14.8 Å². The summed E-state index contributed by atoms with van der Waals surface area (Å²) < 4.78 is 32.9. The molecule has 2 rings (SSSR count). The maximum Gasteiger partial charge on any atom is 0.250 e. The van der Waals surface area contributed by atoms with Gasteiger partial charge in [0, 0.05) is 6.07 Å². The number of nitrogens with zero attached hydrogens (tertiary/aromatic N) is 1. The van der Waals surface area contributed by atoms with Crippen molar-refractivity contribution in [2.75, 3.05) is 5.32 Å². The quantitative estimate of drug-likeness (QED) is 0.746. The molecule has 0 spiro atoms. The maximum atomic E-state index is 12.4. The minimum absolute atomic E-state index is 0.139. The second kappa shape index (κ2) is 7.12. The fourth-order valence-electron chi connectivity index (χ4n) is 1.79. The van der Waals surface area contributed by atoms with Gasteiger partial charge in [-0.1, -0.05) is 19.0 Å². The van der Waals surface area contributed by atoms with Gasteiger partial charge in [0.15, 0.2) is 5.82 Å². The molecule has 0 unspecified atom stereocenters. The zero-order valence-corrected chi connectivity index (χ0v) is 15.9. The summed E-state index contributed by atoms with van der Waals surface area (Å²) in [5.74, 6) is 0.0512. The molecule has 126 valence electrons. The Morgan fingerprint density at radius 3 is 2.57 bits per heavy atom. The lowest BCUT2D eigenvalue weighted by molar-refractivity contribution is -0.118. The summed E-state index contributed by atoms with van der Waals surface area (Å²) in [7, 11) is -3.78. The summed E-state index contributed by atoms with van der Waals surface area (Å²) in [6.45, 7) is 5.20. The highest BCUT2D eigenvalue weighted by Gasteiger charge is 2.29. The van der Waals surface area contributed by atoms with Crippen molar-refractivity contribution in [1.82, 2.24) is 9.88 Å². The average molecular weight is 422 g/mol. The van der Waals surface area contributed by atoms with Gasteiger partial charge in [-0.3, -0.25) is 4.79 Å². The molecule has 0 aromatic carbocycles. The molecule has 1 amide bonds. The average Bonchev–Trinajstić information content (AvgIpc) is 3.05. The van der Waals surface area contributed by atoms with Crippen molar-refractivity contribution in [1.29, 1.82) is 0 Å². The lowest BCUT2D eigenvalue weighted by Crippen LogP contribution is -2.46. The smallest absolute Gasteiger partial charge is 0.250 e. The zero-order chi connectivity index (χ0) is 17.2. The fourth-order valence-corrected chi connectivity index (χ4v) is 5.16. The van der Waals surface area contributed by atoms with Crippen LogP contribution in [-0.4, -0.2) is 25.5 Å². The Hall–Kier alpha value is -1.23. The number of amides is 1. The molecule has 0 aliphatic rings. The van der Waals surface area contributed by atoms with Crippen molar-refractivity contribution in [2.24, 2.45) is 5.92 Å². The number of hydrogen-bond donors (Lipinski definition) is 2. The van der Waals surface area contributed by atoms with Gasteiger partial charge in [0.2, 0.25) is 5.91 Å². The number of halogens is 1. The summed E-state index contributed by atoms with van der Waals surface area (Å²) >= 11 is 4.30. The van der Waals surface area contributed by atoms with E-state index >= 15 is 0 Å². The lowest BCUT2D eigenvalue weighted by atomic mass is 10.1. The van der Waals surface area contributed by atoms with Crippen LogP contribution in [0.5, 0.6) is 0 Å². The maximum absolute atomic E-state index is 12.4. The minimum Gasteiger partial charge on any atom is -0.360 e. The summed E-state index contributed by atoms with van der Waals surface area (Å²) in [5, 5.41) is 6.21. The second-order valence-electron chi connectivity index (χ2n) is 5.21. The van der Waals surface area contributed by atoms with Crippen LogP contribution in [0.1, 0.15) is 19.6 Å². The van der Waals surface area contributed by atoms with Gasteiger partial charge >= 0.3 is 0 Å². The van der Waals surface area contributed by atoms with E-state index < -0.39 is 22.0 Å². The van der Waals surface area contributed by atoms with E-state index in [9.17, 15) is 13.2 Å². The van der Waals surface area contributed by atoms with Crippen molar-refractivity contribution >= 4 is 49.0 Å². The van der Waals surface area contributed by atoms with Crippen LogP contribution in [0, 0.1) is 12.8 Å². The number of thiophene rings is 1. The van der Waals surface area contributed by atoms with Gasteiger partial charge in [0.1, 0.15) is 16.0 Å². The molecule has 0 saturated carbocycles. The number of aromatic nitrogens is 1. The van der Waals surface area contributed by atoms with Crippen LogP contribution in [0.4, 0.5) is 5.82 Å². The Morgan fingerprint density at radius 2 is 2.09 bits per heavy atom. The third-order valence-electron chi connectivity index (χ3n) is 2.92. The highest BCUT2D eigenvalue weighted by molar-refractivity contribution is 9.11. The standard InChI is InChI=1S/C13H16BrN3O4S2/c1-7(2)12(13(18)15-10-6-8(3)21-16-10)17-23(19,20)11-5-4-9(14)22-11/h4-7,12,17H,1-3H3,(H,15,16,18)/t12-/m0/s1. The predicted molar refractivity (Wildman–Crippen MR) is 90.8 cm³/mol. The third kappa shape index (κ3) is 4.63. The number of sulfonamides is 1. The third-order valence-corrected chi connectivity index (χ3v) is 6.48. The van der Waals surface area contributed by atoms with E-state index in [4.69, 9.17) is 4.52 Å². The number of aryl methyl sites for hydroxylation is 1. The Bertz CT molecular complexity index is 798. The van der Waals surface area contributed by atoms with E-state index in [0.717, 1.165) is 11.3 Å².